The van der Waals surface area contributed by atoms with Crippen LogP contribution in [0.3, 0.4) is 0 Å². The lowest BCUT2D eigenvalue weighted by Gasteiger charge is -2.28. The summed E-state index contributed by atoms with van der Waals surface area (Å²) in [7, 11) is 0. The Morgan fingerprint density at radius 2 is 2.31 bits per heavy atom. The van der Waals surface area contributed by atoms with Crippen molar-refractivity contribution in [1.82, 2.24) is 4.98 Å². The molecule has 16 heavy (non-hydrogen) atoms. The molecule has 0 aromatic carbocycles. The van der Waals surface area contributed by atoms with Crippen LogP contribution >= 0.6 is 0 Å². The number of aromatic nitrogens is 1. The molecule has 1 atom stereocenters. The maximum Gasteiger partial charge on any atom is 0.140 e. The Hall–Kier alpha value is -1.56. The van der Waals surface area contributed by atoms with E-state index in [0.717, 1.165) is 5.69 Å². The van der Waals surface area contributed by atoms with Gasteiger partial charge in [-0.1, -0.05) is 20.3 Å². The average Bonchev–Trinajstić information content (AvgIpc) is 2.59. The first kappa shape index (κ1) is 10.9. The van der Waals surface area contributed by atoms with Crippen molar-refractivity contribution in [2.45, 2.75) is 39.2 Å². The summed E-state index contributed by atoms with van der Waals surface area (Å²) in [5.41, 5.74) is 1.84. The number of nitriles is 1. The van der Waals surface area contributed by atoms with Crippen molar-refractivity contribution in [3.63, 3.8) is 0 Å². The third-order valence-electron chi connectivity index (χ3n) is 3.48. The fourth-order valence-corrected chi connectivity index (χ4v) is 2.34. The zero-order valence-corrected chi connectivity index (χ0v) is 9.83. The van der Waals surface area contributed by atoms with Crippen LogP contribution in [0.4, 0.5) is 5.69 Å². The zero-order valence-electron chi connectivity index (χ0n) is 9.83. The Balaban J connectivity index is 2.07. The van der Waals surface area contributed by atoms with E-state index in [1.807, 2.05) is 12.1 Å². The van der Waals surface area contributed by atoms with Gasteiger partial charge in [0.1, 0.15) is 11.8 Å². The second-order valence-electron chi connectivity index (χ2n) is 5.12. The highest BCUT2D eigenvalue weighted by Crippen LogP contribution is 2.38. The molecule has 3 heteroatoms. The highest BCUT2D eigenvalue weighted by molar-refractivity contribution is 5.44. The molecule has 0 radical (unpaired) electrons. The first-order chi connectivity index (χ1) is 7.62. The number of hydrogen-bond acceptors (Lipinski definition) is 3. The normalized spacial score (nSPS) is 22.7. The van der Waals surface area contributed by atoms with Crippen LogP contribution in [0.2, 0.25) is 0 Å². The van der Waals surface area contributed by atoms with E-state index in [-0.39, 0.29) is 0 Å². The largest absolute Gasteiger partial charge is 0.381 e. The molecule has 0 saturated heterocycles. The van der Waals surface area contributed by atoms with Gasteiger partial charge < -0.3 is 5.32 Å². The van der Waals surface area contributed by atoms with E-state index in [0.29, 0.717) is 17.2 Å². The molecule has 0 bridgehead atoms. The molecule has 1 aromatic heterocycles. The van der Waals surface area contributed by atoms with Gasteiger partial charge in [-0.15, -0.1) is 0 Å². The molecule has 1 aromatic rings. The minimum Gasteiger partial charge on any atom is -0.381 e. The summed E-state index contributed by atoms with van der Waals surface area (Å²) in [6.07, 6.45) is 5.52. The number of rotatable bonds is 2. The number of nitrogens with one attached hydrogen (secondary N) is 1. The molecule has 1 heterocycles. The van der Waals surface area contributed by atoms with Crippen molar-refractivity contribution in [1.29, 1.82) is 5.26 Å². The van der Waals surface area contributed by atoms with Crippen LogP contribution in [-0.4, -0.2) is 11.0 Å². The van der Waals surface area contributed by atoms with E-state index in [1.165, 1.54) is 19.3 Å². The third kappa shape index (κ3) is 2.16. The maximum absolute atomic E-state index is 8.66. The molecule has 1 N–H and O–H groups in total. The summed E-state index contributed by atoms with van der Waals surface area (Å²) in [5.74, 6) is 0. The van der Waals surface area contributed by atoms with Gasteiger partial charge in [-0.2, -0.15) is 5.26 Å². The molecule has 1 aliphatic carbocycles. The Morgan fingerprint density at radius 3 is 2.81 bits per heavy atom. The van der Waals surface area contributed by atoms with Gasteiger partial charge in [0.15, 0.2) is 0 Å². The molecular weight excluding hydrogens is 198 g/mol. The highest BCUT2D eigenvalue weighted by Gasteiger charge is 2.34. The van der Waals surface area contributed by atoms with Crippen molar-refractivity contribution >= 4 is 5.69 Å². The van der Waals surface area contributed by atoms with Gasteiger partial charge in [0, 0.05) is 6.04 Å². The lowest BCUT2D eigenvalue weighted by atomic mass is 9.87. The van der Waals surface area contributed by atoms with Crippen molar-refractivity contribution in [2.24, 2.45) is 5.41 Å². The summed E-state index contributed by atoms with van der Waals surface area (Å²) < 4.78 is 0. The molecule has 2 rings (SSSR count). The fourth-order valence-electron chi connectivity index (χ4n) is 2.34. The molecule has 0 amide bonds. The van der Waals surface area contributed by atoms with E-state index in [2.05, 4.69) is 24.1 Å². The standard InChI is InChI=1S/C13H17N3/c1-13(2)7-3-4-12(13)16-11-6-5-10(8-14)15-9-11/h5-6,9,12,16H,3-4,7H2,1-2H3. The van der Waals surface area contributed by atoms with Crippen LogP contribution in [0.25, 0.3) is 0 Å². The van der Waals surface area contributed by atoms with Gasteiger partial charge in [0.2, 0.25) is 0 Å². The summed E-state index contributed by atoms with van der Waals surface area (Å²) in [5, 5.41) is 12.2. The second-order valence-corrected chi connectivity index (χ2v) is 5.12. The van der Waals surface area contributed by atoms with E-state index in [4.69, 9.17) is 5.26 Å². The predicted molar refractivity (Wildman–Crippen MR) is 64.0 cm³/mol. The quantitative estimate of drug-likeness (QED) is 0.825. The van der Waals surface area contributed by atoms with Crippen LogP contribution < -0.4 is 5.32 Å². The van der Waals surface area contributed by atoms with Gasteiger partial charge in [-0.3, -0.25) is 0 Å². The van der Waals surface area contributed by atoms with Crippen molar-refractivity contribution in [3.05, 3.63) is 24.0 Å². The molecule has 1 aliphatic rings. The summed E-state index contributed by atoms with van der Waals surface area (Å²) in [6, 6.07) is 6.23. The van der Waals surface area contributed by atoms with Crippen LogP contribution in [0.5, 0.6) is 0 Å². The van der Waals surface area contributed by atoms with Crippen LogP contribution in [0, 0.1) is 16.7 Å². The zero-order chi connectivity index (χ0) is 11.6. The van der Waals surface area contributed by atoms with Gasteiger partial charge in [-0.25, -0.2) is 4.98 Å². The lowest BCUT2D eigenvalue weighted by molar-refractivity contribution is 0.350. The second kappa shape index (κ2) is 4.13. The van der Waals surface area contributed by atoms with Crippen LogP contribution in [-0.2, 0) is 0 Å². The summed E-state index contributed by atoms with van der Waals surface area (Å²) in [6.45, 7) is 4.60. The van der Waals surface area contributed by atoms with Crippen molar-refractivity contribution in [3.8, 4) is 6.07 Å². The molecule has 1 unspecified atom stereocenters. The monoisotopic (exact) mass is 215 g/mol. The minimum atomic E-state index is 0.355. The first-order valence-corrected chi connectivity index (χ1v) is 5.74. The molecule has 1 saturated carbocycles. The smallest absolute Gasteiger partial charge is 0.140 e. The van der Waals surface area contributed by atoms with Gasteiger partial charge >= 0.3 is 0 Å². The molecule has 0 spiro atoms. The Bertz CT molecular complexity index is 400. The highest BCUT2D eigenvalue weighted by atomic mass is 15.0. The van der Waals surface area contributed by atoms with Crippen molar-refractivity contribution in [2.75, 3.05) is 5.32 Å². The SMILES string of the molecule is CC1(C)CCCC1Nc1ccc(C#N)nc1. The Kier molecular flexibility index (Phi) is 2.82. The van der Waals surface area contributed by atoms with Gasteiger partial charge in [-0.05, 0) is 30.4 Å². The van der Waals surface area contributed by atoms with Gasteiger partial charge in [0.25, 0.3) is 0 Å². The van der Waals surface area contributed by atoms with Gasteiger partial charge in [0.05, 0.1) is 11.9 Å². The molecule has 84 valence electrons. The van der Waals surface area contributed by atoms with E-state index >= 15 is 0 Å². The average molecular weight is 215 g/mol. The number of nitrogens with zero attached hydrogens (tertiary/aromatic N) is 2. The predicted octanol–water partition coefficient (Wildman–Crippen LogP) is 2.94. The lowest BCUT2D eigenvalue weighted by Crippen LogP contribution is -2.30. The van der Waals surface area contributed by atoms with Crippen molar-refractivity contribution < 1.29 is 0 Å². The molecule has 3 nitrogen and oxygen atoms in total. The minimum absolute atomic E-state index is 0.355. The first-order valence-electron chi connectivity index (χ1n) is 5.74. The maximum atomic E-state index is 8.66. The molecule has 0 aliphatic heterocycles. The summed E-state index contributed by atoms with van der Waals surface area (Å²) in [4.78, 5) is 4.06. The topological polar surface area (TPSA) is 48.7 Å². The van der Waals surface area contributed by atoms with E-state index in [9.17, 15) is 0 Å². The van der Waals surface area contributed by atoms with Crippen LogP contribution in [0.15, 0.2) is 18.3 Å². The third-order valence-corrected chi connectivity index (χ3v) is 3.48. The van der Waals surface area contributed by atoms with E-state index < -0.39 is 0 Å². The molecular formula is C13H17N3. The fraction of sp³-hybridized carbons (Fsp3) is 0.538. The number of pyridine rings is 1. The number of hydrogen-bond donors (Lipinski definition) is 1. The Labute approximate surface area is 96.5 Å². The van der Waals surface area contributed by atoms with E-state index in [1.54, 1.807) is 12.3 Å². The van der Waals surface area contributed by atoms with Crippen LogP contribution in [0.1, 0.15) is 38.8 Å². The number of anilines is 1. The Morgan fingerprint density at radius 1 is 1.50 bits per heavy atom. The summed E-state index contributed by atoms with van der Waals surface area (Å²) >= 11 is 0. The molecule has 1 fully saturated rings.